The first-order chi connectivity index (χ1) is 9.33. The summed E-state index contributed by atoms with van der Waals surface area (Å²) in [6.07, 6.45) is 10.9. The predicted octanol–water partition coefficient (Wildman–Crippen LogP) is 3.74. The first-order valence-corrected chi connectivity index (χ1v) is 8.95. The smallest absolute Gasteiger partial charge is 0.328 e. The van der Waals surface area contributed by atoms with Gasteiger partial charge in [0.05, 0.1) is 12.7 Å². The van der Waals surface area contributed by atoms with Crippen molar-refractivity contribution in [2.75, 3.05) is 19.7 Å². The Hall–Kier alpha value is 0.270. The molecule has 1 aliphatic rings. The summed E-state index contributed by atoms with van der Waals surface area (Å²) < 4.78 is 10.9. The van der Waals surface area contributed by atoms with Gasteiger partial charge in [0.15, 0.2) is 0 Å². The minimum Gasteiger partial charge on any atom is -0.328 e. The van der Waals surface area contributed by atoms with E-state index in [1.165, 1.54) is 38.5 Å². The molecular formula is C14H30NO3P. The van der Waals surface area contributed by atoms with Crippen LogP contribution in [0.4, 0.5) is 0 Å². The molecule has 1 saturated heterocycles. The van der Waals surface area contributed by atoms with Crippen molar-refractivity contribution in [3.8, 4) is 0 Å². The van der Waals surface area contributed by atoms with Crippen molar-refractivity contribution in [2.45, 2.75) is 70.8 Å². The van der Waals surface area contributed by atoms with Gasteiger partial charge in [0.25, 0.3) is 0 Å². The third-order valence-electron chi connectivity index (χ3n) is 3.48. The summed E-state index contributed by atoms with van der Waals surface area (Å²) in [5.74, 6) is 0. The van der Waals surface area contributed by atoms with E-state index in [9.17, 15) is 4.89 Å². The largest absolute Gasteiger partial charge is 0.330 e. The van der Waals surface area contributed by atoms with E-state index in [2.05, 4.69) is 12.2 Å². The summed E-state index contributed by atoms with van der Waals surface area (Å²) in [6, 6.07) is 0. The van der Waals surface area contributed by atoms with Gasteiger partial charge in [-0.1, -0.05) is 45.4 Å². The van der Waals surface area contributed by atoms with Crippen LogP contribution in [-0.4, -0.2) is 30.7 Å². The normalized spacial score (nSPS) is 18.6. The van der Waals surface area contributed by atoms with Gasteiger partial charge in [-0.2, -0.15) is 0 Å². The molecule has 5 heteroatoms. The maximum absolute atomic E-state index is 9.67. The quantitative estimate of drug-likeness (QED) is 0.450. The highest BCUT2D eigenvalue weighted by atomic mass is 31.2. The van der Waals surface area contributed by atoms with Crippen molar-refractivity contribution in [3.05, 3.63) is 0 Å². The van der Waals surface area contributed by atoms with Crippen LogP contribution in [0.2, 0.25) is 0 Å². The highest BCUT2D eigenvalue weighted by Gasteiger charge is 2.18. The number of nitrogens with one attached hydrogen (secondary N) is 1. The maximum Gasteiger partial charge on any atom is 0.330 e. The Morgan fingerprint density at radius 3 is 2.37 bits per heavy atom. The van der Waals surface area contributed by atoms with Crippen LogP contribution < -0.4 is 5.32 Å². The molecule has 19 heavy (non-hydrogen) atoms. The Kier molecular flexibility index (Phi) is 11.0. The summed E-state index contributed by atoms with van der Waals surface area (Å²) in [5, 5.41) is 3.27. The fraction of sp³-hybridized carbons (Fsp3) is 1.00. The van der Waals surface area contributed by atoms with Crippen LogP contribution in [-0.2, 0) is 9.05 Å². The Bertz CT molecular complexity index is 201. The van der Waals surface area contributed by atoms with Crippen LogP contribution in [0.1, 0.15) is 64.7 Å². The van der Waals surface area contributed by atoms with Crippen molar-refractivity contribution in [3.63, 3.8) is 0 Å². The highest BCUT2D eigenvalue weighted by molar-refractivity contribution is 7.40. The molecule has 0 aromatic carbocycles. The summed E-state index contributed by atoms with van der Waals surface area (Å²) in [6.45, 7) is 4.82. The predicted molar refractivity (Wildman–Crippen MR) is 80.1 cm³/mol. The van der Waals surface area contributed by atoms with Crippen molar-refractivity contribution in [1.29, 1.82) is 0 Å². The first-order valence-electron chi connectivity index (χ1n) is 7.82. The molecule has 0 amide bonds. The Morgan fingerprint density at radius 1 is 1.05 bits per heavy atom. The Balaban J connectivity index is 1.85. The Labute approximate surface area is 119 Å². The number of hydrogen-bond donors (Lipinski definition) is 2. The lowest BCUT2D eigenvalue weighted by atomic mass is 10.1. The second-order valence-electron chi connectivity index (χ2n) is 5.25. The number of hydrogen-bond acceptors (Lipinski definition) is 4. The van der Waals surface area contributed by atoms with Crippen molar-refractivity contribution in [1.82, 2.24) is 5.32 Å². The van der Waals surface area contributed by atoms with Gasteiger partial charge in [0.1, 0.15) is 0 Å². The third-order valence-corrected chi connectivity index (χ3v) is 4.36. The summed E-state index contributed by atoms with van der Waals surface area (Å²) in [7, 11) is -1.66. The second-order valence-corrected chi connectivity index (χ2v) is 6.19. The molecular weight excluding hydrogens is 261 g/mol. The topological polar surface area (TPSA) is 50.7 Å². The minimum absolute atomic E-state index is 0.173. The lowest BCUT2D eigenvalue weighted by Crippen LogP contribution is -2.31. The van der Waals surface area contributed by atoms with Crippen molar-refractivity contribution >= 4 is 8.60 Å². The van der Waals surface area contributed by atoms with Gasteiger partial charge in [0.2, 0.25) is 0 Å². The molecule has 2 N–H and O–H groups in total. The SMILES string of the molecule is CCCCCCCCCOP(O)OC1CCNCC1. The molecule has 0 bridgehead atoms. The molecule has 4 nitrogen and oxygen atoms in total. The maximum atomic E-state index is 9.67. The van der Waals surface area contributed by atoms with Crippen LogP contribution in [0, 0.1) is 0 Å². The van der Waals surface area contributed by atoms with Crippen LogP contribution in [0.25, 0.3) is 0 Å². The van der Waals surface area contributed by atoms with Gasteiger partial charge in [-0.25, -0.2) is 0 Å². The standard InChI is InChI=1S/C14H30NO3P/c1-2-3-4-5-6-7-8-13-17-19(16)18-14-9-11-15-12-10-14/h14-16H,2-13H2,1H3. The van der Waals surface area contributed by atoms with E-state index in [0.29, 0.717) is 6.61 Å². The average molecular weight is 291 g/mol. The van der Waals surface area contributed by atoms with E-state index in [-0.39, 0.29) is 6.10 Å². The molecule has 114 valence electrons. The number of piperidine rings is 1. The molecule has 1 fully saturated rings. The average Bonchev–Trinajstić information content (AvgIpc) is 2.43. The summed E-state index contributed by atoms with van der Waals surface area (Å²) in [4.78, 5) is 9.67. The van der Waals surface area contributed by atoms with Crippen molar-refractivity contribution < 1.29 is 13.9 Å². The van der Waals surface area contributed by atoms with E-state index in [1.807, 2.05) is 0 Å². The van der Waals surface area contributed by atoms with Gasteiger partial charge in [-0.15, -0.1) is 0 Å². The van der Waals surface area contributed by atoms with Crippen LogP contribution in [0.5, 0.6) is 0 Å². The Morgan fingerprint density at radius 2 is 1.68 bits per heavy atom. The van der Waals surface area contributed by atoms with Crippen LogP contribution >= 0.6 is 8.60 Å². The molecule has 0 saturated carbocycles. The monoisotopic (exact) mass is 291 g/mol. The lowest BCUT2D eigenvalue weighted by Gasteiger charge is -2.24. The molecule has 1 aliphatic heterocycles. The minimum atomic E-state index is -1.66. The second kappa shape index (κ2) is 12.0. The fourth-order valence-electron chi connectivity index (χ4n) is 2.26. The van der Waals surface area contributed by atoms with Gasteiger partial charge < -0.3 is 19.3 Å². The highest BCUT2D eigenvalue weighted by Crippen LogP contribution is 2.36. The molecule has 0 spiro atoms. The first kappa shape index (κ1) is 17.3. The fourth-order valence-corrected chi connectivity index (χ4v) is 3.07. The summed E-state index contributed by atoms with van der Waals surface area (Å²) >= 11 is 0. The zero-order valence-corrected chi connectivity index (χ0v) is 13.2. The van der Waals surface area contributed by atoms with E-state index in [1.54, 1.807) is 0 Å². The van der Waals surface area contributed by atoms with E-state index >= 15 is 0 Å². The van der Waals surface area contributed by atoms with Gasteiger partial charge in [-0.05, 0) is 32.4 Å². The lowest BCUT2D eigenvalue weighted by molar-refractivity contribution is 0.118. The molecule has 0 aliphatic carbocycles. The van der Waals surface area contributed by atoms with E-state index in [4.69, 9.17) is 9.05 Å². The molecule has 1 atom stereocenters. The molecule has 0 radical (unpaired) electrons. The molecule has 0 aromatic heterocycles. The van der Waals surface area contributed by atoms with E-state index < -0.39 is 8.60 Å². The van der Waals surface area contributed by atoms with Gasteiger partial charge >= 0.3 is 8.60 Å². The van der Waals surface area contributed by atoms with Crippen molar-refractivity contribution in [2.24, 2.45) is 0 Å². The zero-order chi connectivity index (χ0) is 13.8. The zero-order valence-electron chi connectivity index (χ0n) is 12.3. The number of unbranched alkanes of at least 4 members (excludes halogenated alkanes) is 6. The number of rotatable bonds is 11. The summed E-state index contributed by atoms with van der Waals surface area (Å²) in [5.41, 5.74) is 0. The third kappa shape index (κ3) is 9.75. The molecule has 0 aromatic rings. The molecule has 1 rings (SSSR count). The van der Waals surface area contributed by atoms with E-state index in [0.717, 1.165) is 32.4 Å². The molecule has 1 unspecified atom stereocenters. The van der Waals surface area contributed by atoms with Crippen LogP contribution in [0.15, 0.2) is 0 Å². The van der Waals surface area contributed by atoms with Gasteiger partial charge in [0, 0.05) is 0 Å². The van der Waals surface area contributed by atoms with Crippen LogP contribution in [0.3, 0.4) is 0 Å². The molecule has 1 heterocycles. The van der Waals surface area contributed by atoms with Gasteiger partial charge in [-0.3, -0.25) is 0 Å².